The number of nitro benzene ring substituents is 2. The lowest BCUT2D eigenvalue weighted by molar-refractivity contribution is -0.394. The Hall–Kier alpha value is -3.78. The van der Waals surface area contributed by atoms with Gasteiger partial charge in [0, 0.05) is 18.3 Å². The number of nitro groups is 2. The fourth-order valence-corrected chi connectivity index (χ4v) is 3.80. The Morgan fingerprint density at radius 2 is 1.87 bits per heavy atom. The predicted molar refractivity (Wildman–Crippen MR) is 109 cm³/mol. The molecular weight excluding hydrogens is 434 g/mol. The molecule has 0 saturated carbocycles. The monoisotopic (exact) mass is 445 g/mol. The van der Waals surface area contributed by atoms with Crippen LogP contribution < -0.4 is 5.43 Å². The van der Waals surface area contributed by atoms with Gasteiger partial charge in [0.15, 0.2) is 9.35 Å². The number of nitrogens with zero attached hydrogens (tertiary/aromatic N) is 6. The third-order valence-electron chi connectivity index (χ3n) is 3.45. The van der Waals surface area contributed by atoms with Crippen molar-refractivity contribution in [3.63, 3.8) is 0 Å². The fraction of sp³-hybridized carbons (Fsp3) is 0.0625. The van der Waals surface area contributed by atoms with Crippen LogP contribution in [0.25, 0.3) is 10.7 Å². The Bertz CT molecular complexity index is 1090. The van der Waals surface area contributed by atoms with Gasteiger partial charge in [-0.3, -0.25) is 30.0 Å². The van der Waals surface area contributed by atoms with Gasteiger partial charge in [0.25, 0.3) is 17.3 Å². The van der Waals surface area contributed by atoms with Crippen molar-refractivity contribution < 1.29 is 14.6 Å². The number of rotatable bonds is 8. The molecule has 0 atom stereocenters. The second kappa shape index (κ2) is 9.62. The first-order chi connectivity index (χ1) is 14.5. The highest BCUT2D eigenvalue weighted by Gasteiger charge is 2.23. The van der Waals surface area contributed by atoms with Crippen LogP contribution >= 0.6 is 23.1 Å². The van der Waals surface area contributed by atoms with Crippen molar-refractivity contribution in [2.75, 3.05) is 5.75 Å². The molecule has 30 heavy (non-hydrogen) atoms. The van der Waals surface area contributed by atoms with Gasteiger partial charge in [0.1, 0.15) is 11.3 Å². The number of benzene rings is 1. The van der Waals surface area contributed by atoms with E-state index in [2.05, 4.69) is 25.7 Å². The van der Waals surface area contributed by atoms with Crippen LogP contribution in [0.3, 0.4) is 0 Å². The maximum atomic E-state index is 12.0. The highest BCUT2D eigenvalue weighted by Crippen LogP contribution is 2.28. The summed E-state index contributed by atoms with van der Waals surface area (Å²) in [7, 11) is 0. The van der Waals surface area contributed by atoms with E-state index in [-0.39, 0.29) is 11.3 Å². The lowest BCUT2D eigenvalue weighted by Gasteiger charge is -2.00. The van der Waals surface area contributed by atoms with E-state index in [4.69, 9.17) is 0 Å². The first-order valence-electron chi connectivity index (χ1n) is 8.07. The van der Waals surface area contributed by atoms with E-state index in [1.165, 1.54) is 17.4 Å². The summed E-state index contributed by atoms with van der Waals surface area (Å²) in [6.45, 7) is 0. The van der Waals surface area contributed by atoms with E-state index in [0.717, 1.165) is 30.1 Å². The maximum Gasteiger partial charge on any atom is 0.285 e. The molecule has 0 spiro atoms. The average molecular weight is 445 g/mol. The highest BCUT2D eigenvalue weighted by atomic mass is 32.2. The van der Waals surface area contributed by atoms with Gasteiger partial charge in [-0.2, -0.15) is 5.10 Å². The van der Waals surface area contributed by atoms with Crippen molar-refractivity contribution in [3.8, 4) is 10.7 Å². The van der Waals surface area contributed by atoms with Gasteiger partial charge in [-0.1, -0.05) is 29.2 Å². The minimum absolute atomic E-state index is 0.0484. The minimum Gasteiger partial charge on any atom is -0.272 e. The number of hydrogen-bond acceptors (Lipinski definition) is 11. The molecule has 0 radical (unpaired) electrons. The molecule has 152 valence electrons. The van der Waals surface area contributed by atoms with Gasteiger partial charge in [-0.05, 0) is 18.2 Å². The Morgan fingerprint density at radius 1 is 1.13 bits per heavy atom. The molecule has 12 nitrogen and oxygen atoms in total. The van der Waals surface area contributed by atoms with E-state index in [9.17, 15) is 25.0 Å². The molecule has 3 rings (SSSR count). The van der Waals surface area contributed by atoms with Gasteiger partial charge >= 0.3 is 0 Å². The molecule has 0 aliphatic carbocycles. The van der Waals surface area contributed by atoms with Crippen molar-refractivity contribution in [1.29, 1.82) is 0 Å². The fourth-order valence-electron chi connectivity index (χ4n) is 2.18. The molecule has 3 aromatic rings. The smallest absolute Gasteiger partial charge is 0.272 e. The number of amides is 1. The van der Waals surface area contributed by atoms with Gasteiger partial charge in [-0.15, -0.1) is 10.2 Å². The molecule has 1 aromatic carbocycles. The third kappa shape index (κ3) is 5.18. The molecule has 0 bridgehead atoms. The van der Waals surface area contributed by atoms with Crippen LogP contribution in [0.5, 0.6) is 0 Å². The number of nitrogens with one attached hydrogen (secondary N) is 1. The summed E-state index contributed by atoms with van der Waals surface area (Å²) in [5.41, 5.74) is 1.55. The van der Waals surface area contributed by atoms with Gasteiger partial charge < -0.3 is 0 Å². The standard InChI is InChI=1S/C16H11N7O5S2/c24-14(9-29-16-21-20-15(30-16)11-4-1-2-7-17-11)19-18-8-10-12(22(25)26)5-3-6-13(10)23(27)28/h1-8H,9H2,(H,19,24)/b18-8-. The highest BCUT2D eigenvalue weighted by molar-refractivity contribution is 8.01. The summed E-state index contributed by atoms with van der Waals surface area (Å²) < 4.78 is 0.545. The van der Waals surface area contributed by atoms with E-state index in [1.54, 1.807) is 18.3 Å². The van der Waals surface area contributed by atoms with Crippen molar-refractivity contribution in [1.82, 2.24) is 20.6 Å². The summed E-state index contributed by atoms with van der Waals surface area (Å²) in [5, 5.41) is 34.4. The van der Waals surface area contributed by atoms with E-state index in [0.29, 0.717) is 15.0 Å². The third-order valence-corrected chi connectivity index (χ3v) is 5.53. The van der Waals surface area contributed by atoms with Crippen molar-refractivity contribution in [3.05, 3.63) is 68.4 Å². The Morgan fingerprint density at radius 3 is 2.50 bits per heavy atom. The largest absolute Gasteiger partial charge is 0.285 e. The number of carbonyl (C=O) groups excluding carboxylic acids is 1. The van der Waals surface area contributed by atoms with Crippen LogP contribution in [0.4, 0.5) is 11.4 Å². The number of aromatic nitrogens is 3. The predicted octanol–water partition coefficient (Wildman–Crippen LogP) is 2.66. The molecule has 2 heterocycles. The summed E-state index contributed by atoms with van der Waals surface area (Å²) in [6, 6.07) is 8.82. The Kier molecular flexibility index (Phi) is 6.71. The molecule has 0 unspecified atom stereocenters. The molecule has 1 N–H and O–H groups in total. The first kappa shape index (κ1) is 20.9. The Balaban J connectivity index is 1.61. The van der Waals surface area contributed by atoms with Gasteiger partial charge in [0.2, 0.25) is 0 Å². The summed E-state index contributed by atoms with van der Waals surface area (Å²) in [6.07, 6.45) is 2.51. The zero-order chi connectivity index (χ0) is 21.5. The number of hydrogen-bond donors (Lipinski definition) is 1. The lowest BCUT2D eigenvalue weighted by atomic mass is 10.1. The second-order valence-electron chi connectivity index (χ2n) is 5.39. The summed E-state index contributed by atoms with van der Waals surface area (Å²) >= 11 is 2.39. The second-order valence-corrected chi connectivity index (χ2v) is 7.59. The van der Waals surface area contributed by atoms with Crippen molar-refractivity contribution in [2.24, 2.45) is 5.10 Å². The molecule has 2 aromatic heterocycles. The normalized spacial score (nSPS) is 10.8. The summed E-state index contributed by atoms with van der Waals surface area (Å²) in [5.74, 6) is -0.570. The molecule has 0 aliphatic heterocycles. The maximum absolute atomic E-state index is 12.0. The Labute approximate surface area is 176 Å². The molecule has 0 saturated heterocycles. The molecule has 0 fully saturated rings. The quantitative estimate of drug-likeness (QED) is 0.237. The van der Waals surface area contributed by atoms with Crippen LogP contribution in [0.2, 0.25) is 0 Å². The number of thioether (sulfide) groups is 1. The van der Waals surface area contributed by atoms with Crippen LogP contribution in [-0.2, 0) is 4.79 Å². The molecule has 0 aliphatic rings. The lowest BCUT2D eigenvalue weighted by Crippen LogP contribution is -2.19. The van der Waals surface area contributed by atoms with Crippen molar-refractivity contribution >= 4 is 46.6 Å². The average Bonchev–Trinajstić information content (AvgIpc) is 3.22. The number of hydrazone groups is 1. The van der Waals surface area contributed by atoms with Crippen molar-refractivity contribution in [2.45, 2.75) is 4.34 Å². The minimum atomic E-state index is -0.763. The van der Waals surface area contributed by atoms with Crippen LogP contribution in [0.15, 0.2) is 52.0 Å². The van der Waals surface area contributed by atoms with Gasteiger partial charge in [-0.25, -0.2) is 5.43 Å². The van der Waals surface area contributed by atoms with Gasteiger partial charge in [0.05, 0.1) is 21.8 Å². The molecule has 1 amide bonds. The van der Waals surface area contributed by atoms with Crippen LogP contribution in [-0.4, -0.2) is 42.9 Å². The number of pyridine rings is 1. The number of carbonyl (C=O) groups is 1. The summed E-state index contributed by atoms with van der Waals surface area (Å²) in [4.78, 5) is 36.7. The van der Waals surface area contributed by atoms with Crippen LogP contribution in [0, 0.1) is 20.2 Å². The van der Waals surface area contributed by atoms with E-state index in [1.807, 2.05) is 6.07 Å². The SMILES string of the molecule is O=C(CSc1nnc(-c2ccccn2)s1)N/N=C\c1c([N+](=O)[O-])cccc1[N+](=O)[O-]. The zero-order valence-electron chi connectivity index (χ0n) is 14.9. The van der Waals surface area contributed by atoms with E-state index < -0.39 is 27.1 Å². The zero-order valence-corrected chi connectivity index (χ0v) is 16.5. The van der Waals surface area contributed by atoms with Crippen LogP contribution in [0.1, 0.15) is 5.56 Å². The molecule has 14 heteroatoms. The topological polar surface area (TPSA) is 166 Å². The molecular formula is C16H11N7O5S2. The van der Waals surface area contributed by atoms with E-state index >= 15 is 0 Å². The first-order valence-corrected chi connectivity index (χ1v) is 9.87.